The number of hydrogen-bond acceptors (Lipinski definition) is 4. The predicted octanol–water partition coefficient (Wildman–Crippen LogP) is 6.00. The number of para-hydroxylation sites is 1. The number of benzene rings is 3. The SMILES string of the molecule is Cc1ccc(S(=O)(=O)N(CC(=O)N(Cc2c(Cl)cccc2Cl)C(C)C(=O)NCC(C)C)c2ccccc2C)cc1. The van der Waals surface area contributed by atoms with Gasteiger partial charge in [0.2, 0.25) is 11.8 Å². The molecule has 10 heteroatoms. The molecule has 7 nitrogen and oxygen atoms in total. The van der Waals surface area contributed by atoms with Gasteiger partial charge in [-0.2, -0.15) is 0 Å². The molecule has 1 atom stereocenters. The van der Waals surface area contributed by atoms with Crippen molar-refractivity contribution in [1.29, 1.82) is 0 Å². The fourth-order valence-corrected chi connectivity index (χ4v) is 6.08. The maximum absolute atomic E-state index is 14.0. The molecule has 2 amide bonds. The molecule has 3 aromatic rings. The Morgan fingerprint density at radius 2 is 1.48 bits per heavy atom. The maximum Gasteiger partial charge on any atom is 0.264 e. The summed E-state index contributed by atoms with van der Waals surface area (Å²) < 4.78 is 29.0. The maximum atomic E-state index is 14.0. The summed E-state index contributed by atoms with van der Waals surface area (Å²) in [6.07, 6.45) is 0. The highest BCUT2D eigenvalue weighted by Gasteiger charge is 2.33. The third-order valence-corrected chi connectivity index (χ3v) is 9.00. The average molecular weight is 605 g/mol. The molecule has 0 aliphatic heterocycles. The molecule has 0 aliphatic rings. The Hall–Kier alpha value is -3.07. The lowest BCUT2D eigenvalue weighted by molar-refractivity contribution is -0.139. The van der Waals surface area contributed by atoms with Crippen LogP contribution in [0.25, 0.3) is 0 Å². The summed E-state index contributed by atoms with van der Waals surface area (Å²) in [5.74, 6) is -0.745. The Morgan fingerprint density at radius 1 is 0.875 bits per heavy atom. The molecular weight excluding hydrogens is 569 g/mol. The Bertz CT molecular complexity index is 1440. The molecule has 40 heavy (non-hydrogen) atoms. The number of sulfonamides is 1. The van der Waals surface area contributed by atoms with Gasteiger partial charge in [-0.25, -0.2) is 8.42 Å². The second-order valence-corrected chi connectivity index (χ2v) is 12.8. The van der Waals surface area contributed by atoms with E-state index in [9.17, 15) is 18.0 Å². The fourth-order valence-electron chi connectivity index (χ4n) is 4.08. The molecule has 0 aromatic heterocycles. The molecule has 0 spiro atoms. The molecule has 1 N–H and O–H groups in total. The summed E-state index contributed by atoms with van der Waals surface area (Å²) in [6, 6.07) is 17.4. The Labute approximate surface area is 247 Å². The largest absolute Gasteiger partial charge is 0.354 e. The number of nitrogens with zero attached hydrogens (tertiary/aromatic N) is 2. The van der Waals surface area contributed by atoms with E-state index in [0.29, 0.717) is 33.4 Å². The normalized spacial score (nSPS) is 12.2. The van der Waals surface area contributed by atoms with E-state index in [1.54, 1.807) is 68.4 Å². The van der Waals surface area contributed by atoms with Crippen LogP contribution in [0.3, 0.4) is 0 Å². The second kappa shape index (κ2) is 13.5. The lowest BCUT2D eigenvalue weighted by Gasteiger charge is -2.33. The zero-order chi connectivity index (χ0) is 29.6. The van der Waals surface area contributed by atoms with Crippen molar-refractivity contribution >= 4 is 50.7 Å². The van der Waals surface area contributed by atoms with Crippen molar-refractivity contribution in [2.24, 2.45) is 5.92 Å². The number of aryl methyl sites for hydroxylation is 2. The monoisotopic (exact) mass is 603 g/mol. The Kier molecular flexibility index (Phi) is 10.6. The number of hydrogen-bond donors (Lipinski definition) is 1. The Balaban J connectivity index is 2.06. The summed E-state index contributed by atoms with van der Waals surface area (Å²) in [5, 5.41) is 3.53. The lowest BCUT2D eigenvalue weighted by Crippen LogP contribution is -2.51. The van der Waals surface area contributed by atoms with E-state index in [2.05, 4.69) is 5.32 Å². The molecule has 0 saturated carbocycles. The first kappa shape index (κ1) is 31.5. The summed E-state index contributed by atoms with van der Waals surface area (Å²) in [5.41, 5.74) is 2.41. The highest BCUT2D eigenvalue weighted by Crippen LogP contribution is 2.29. The van der Waals surface area contributed by atoms with Crippen LogP contribution in [0.4, 0.5) is 5.69 Å². The van der Waals surface area contributed by atoms with Crippen LogP contribution in [0, 0.1) is 19.8 Å². The van der Waals surface area contributed by atoms with E-state index in [0.717, 1.165) is 9.87 Å². The van der Waals surface area contributed by atoms with Gasteiger partial charge in [0.05, 0.1) is 10.6 Å². The van der Waals surface area contributed by atoms with Crippen molar-refractivity contribution in [3.05, 3.63) is 93.5 Å². The average Bonchev–Trinajstić information content (AvgIpc) is 2.90. The van der Waals surface area contributed by atoms with E-state index in [-0.39, 0.29) is 23.3 Å². The minimum Gasteiger partial charge on any atom is -0.354 e. The van der Waals surface area contributed by atoms with Crippen LogP contribution in [0.2, 0.25) is 10.0 Å². The van der Waals surface area contributed by atoms with Crippen molar-refractivity contribution < 1.29 is 18.0 Å². The first-order valence-electron chi connectivity index (χ1n) is 13.0. The van der Waals surface area contributed by atoms with Crippen LogP contribution in [-0.4, -0.2) is 44.3 Å². The van der Waals surface area contributed by atoms with Crippen LogP contribution in [0.1, 0.15) is 37.5 Å². The van der Waals surface area contributed by atoms with E-state index in [4.69, 9.17) is 23.2 Å². The van der Waals surface area contributed by atoms with Crippen molar-refractivity contribution in [3.8, 4) is 0 Å². The zero-order valence-electron chi connectivity index (χ0n) is 23.3. The van der Waals surface area contributed by atoms with Gasteiger partial charge in [0, 0.05) is 28.7 Å². The minimum atomic E-state index is -4.15. The summed E-state index contributed by atoms with van der Waals surface area (Å²) >= 11 is 12.8. The minimum absolute atomic E-state index is 0.0533. The molecule has 3 rings (SSSR count). The number of carbonyl (C=O) groups is 2. The van der Waals surface area contributed by atoms with Crippen LogP contribution in [0.15, 0.2) is 71.6 Å². The van der Waals surface area contributed by atoms with Crippen LogP contribution >= 0.6 is 23.2 Å². The summed E-state index contributed by atoms with van der Waals surface area (Å²) in [7, 11) is -4.15. The van der Waals surface area contributed by atoms with Crippen LogP contribution in [0.5, 0.6) is 0 Å². The number of anilines is 1. The number of nitrogens with one attached hydrogen (secondary N) is 1. The van der Waals surface area contributed by atoms with E-state index in [1.165, 1.54) is 17.0 Å². The smallest absolute Gasteiger partial charge is 0.264 e. The molecular formula is C30H35Cl2N3O4S. The molecule has 0 saturated heterocycles. The molecule has 3 aromatic carbocycles. The summed E-state index contributed by atoms with van der Waals surface area (Å²) in [4.78, 5) is 28.5. The van der Waals surface area contributed by atoms with Gasteiger partial charge in [0.15, 0.2) is 0 Å². The van der Waals surface area contributed by atoms with Gasteiger partial charge in [-0.05, 0) is 62.6 Å². The molecule has 1 unspecified atom stereocenters. The number of halogens is 2. The number of amides is 2. The standard InChI is InChI=1S/C30H35Cl2N3O4S/c1-20(2)17-33-30(37)23(5)34(18-25-26(31)10-8-11-27(25)32)29(36)19-35(28-12-7-6-9-22(28)4)40(38,39)24-15-13-21(3)14-16-24/h6-16,20,23H,17-19H2,1-5H3,(H,33,37). The topological polar surface area (TPSA) is 86.8 Å². The quantitative estimate of drug-likeness (QED) is 0.291. The van der Waals surface area contributed by atoms with Gasteiger partial charge in [0.25, 0.3) is 10.0 Å². The first-order chi connectivity index (χ1) is 18.8. The van der Waals surface area contributed by atoms with Gasteiger partial charge in [-0.3, -0.25) is 13.9 Å². The van der Waals surface area contributed by atoms with Crippen molar-refractivity contribution in [3.63, 3.8) is 0 Å². The molecule has 0 aliphatic carbocycles. The third kappa shape index (κ3) is 7.56. The highest BCUT2D eigenvalue weighted by atomic mass is 35.5. The predicted molar refractivity (Wildman–Crippen MR) is 161 cm³/mol. The number of carbonyl (C=O) groups excluding carboxylic acids is 2. The van der Waals surface area contributed by atoms with Gasteiger partial charge >= 0.3 is 0 Å². The van der Waals surface area contributed by atoms with Gasteiger partial charge < -0.3 is 10.2 Å². The second-order valence-electron chi connectivity index (χ2n) is 10.1. The van der Waals surface area contributed by atoms with Crippen molar-refractivity contribution in [2.75, 3.05) is 17.4 Å². The van der Waals surface area contributed by atoms with Gasteiger partial charge in [-0.1, -0.05) is 79.0 Å². The Morgan fingerprint density at radius 3 is 2.05 bits per heavy atom. The van der Waals surface area contributed by atoms with Crippen molar-refractivity contribution in [1.82, 2.24) is 10.2 Å². The third-order valence-electron chi connectivity index (χ3n) is 6.51. The zero-order valence-corrected chi connectivity index (χ0v) is 25.6. The van der Waals surface area contributed by atoms with E-state index in [1.807, 2.05) is 20.8 Å². The van der Waals surface area contributed by atoms with Crippen LogP contribution < -0.4 is 9.62 Å². The molecule has 0 bridgehead atoms. The summed E-state index contributed by atoms with van der Waals surface area (Å²) in [6.45, 7) is 8.98. The van der Waals surface area contributed by atoms with Crippen molar-refractivity contribution in [2.45, 2.75) is 52.1 Å². The van der Waals surface area contributed by atoms with E-state index < -0.39 is 28.5 Å². The van der Waals surface area contributed by atoms with Gasteiger partial charge in [-0.15, -0.1) is 0 Å². The molecule has 214 valence electrons. The molecule has 0 fully saturated rings. The van der Waals surface area contributed by atoms with E-state index >= 15 is 0 Å². The van der Waals surface area contributed by atoms with Gasteiger partial charge in [0.1, 0.15) is 12.6 Å². The number of rotatable bonds is 11. The molecule has 0 heterocycles. The molecule has 0 radical (unpaired) electrons. The fraction of sp³-hybridized carbons (Fsp3) is 0.333. The van der Waals surface area contributed by atoms with Crippen LogP contribution in [-0.2, 0) is 26.2 Å². The highest BCUT2D eigenvalue weighted by molar-refractivity contribution is 7.92. The lowest BCUT2D eigenvalue weighted by atomic mass is 10.1. The first-order valence-corrected chi connectivity index (χ1v) is 15.2.